The van der Waals surface area contributed by atoms with Crippen molar-refractivity contribution in [3.8, 4) is 0 Å². The molecule has 0 spiro atoms. The Morgan fingerprint density at radius 2 is 1.35 bits per heavy atom. The molecule has 0 saturated carbocycles. The minimum atomic E-state index is -0.424. The van der Waals surface area contributed by atoms with Crippen molar-refractivity contribution in [3.63, 3.8) is 0 Å². The van der Waals surface area contributed by atoms with Crippen LogP contribution in [0.1, 0.15) is 96.8 Å². The van der Waals surface area contributed by atoms with Gasteiger partial charge in [0, 0.05) is 26.7 Å². The minimum absolute atomic E-state index is 0.351. The van der Waals surface area contributed by atoms with E-state index in [4.69, 9.17) is 9.72 Å². The van der Waals surface area contributed by atoms with E-state index in [0.29, 0.717) is 24.4 Å². The van der Waals surface area contributed by atoms with E-state index in [-0.39, 0.29) is 5.56 Å². The second-order valence-corrected chi connectivity index (χ2v) is 9.75. The summed E-state index contributed by atoms with van der Waals surface area (Å²) in [7, 11) is 1.66. The first-order valence-electron chi connectivity index (χ1n) is 13.7. The molecule has 0 amide bonds. The first kappa shape index (κ1) is 26.5. The Morgan fingerprint density at radius 1 is 0.824 bits per heavy atom. The molecule has 0 radical (unpaired) electrons. The predicted octanol–water partition coefficient (Wildman–Crippen LogP) is 4.74. The van der Waals surface area contributed by atoms with Crippen molar-refractivity contribution in [2.45, 2.75) is 103 Å². The van der Waals surface area contributed by atoms with Crippen molar-refractivity contribution in [2.24, 2.45) is 7.05 Å². The fourth-order valence-corrected chi connectivity index (χ4v) is 4.90. The van der Waals surface area contributed by atoms with Crippen molar-refractivity contribution in [1.29, 1.82) is 0 Å². The molecule has 34 heavy (non-hydrogen) atoms. The zero-order chi connectivity index (χ0) is 24.2. The maximum absolute atomic E-state index is 12.6. The summed E-state index contributed by atoms with van der Waals surface area (Å²) in [6, 6.07) is 0. The van der Waals surface area contributed by atoms with E-state index in [1.165, 1.54) is 81.6 Å². The van der Waals surface area contributed by atoms with Gasteiger partial charge in [0.1, 0.15) is 0 Å². The molecule has 8 heteroatoms. The molecule has 8 nitrogen and oxygen atoms in total. The lowest BCUT2D eigenvalue weighted by Gasteiger charge is -2.28. The fourth-order valence-electron chi connectivity index (χ4n) is 4.90. The summed E-state index contributed by atoms with van der Waals surface area (Å²) in [5.74, 6) is 0.777. The summed E-state index contributed by atoms with van der Waals surface area (Å²) >= 11 is 0. The number of imidazole rings is 1. The molecule has 2 aromatic rings. The summed E-state index contributed by atoms with van der Waals surface area (Å²) in [5, 5.41) is 0. The van der Waals surface area contributed by atoms with Crippen LogP contribution >= 0.6 is 0 Å². The SMILES string of the molecule is CCCCCCCCCCCCCCCCn1c(N2CCOCC2)nc2c1c(=O)[nH]c(=O)n2C. The normalized spacial score (nSPS) is 14.4. The van der Waals surface area contributed by atoms with E-state index in [9.17, 15) is 9.59 Å². The number of hydrogen-bond acceptors (Lipinski definition) is 5. The van der Waals surface area contributed by atoms with E-state index in [1.807, 2.05) is 4.57 Å². The van der Waals surface area contributed by atoms with Crippen molar-refractivity contribution < 1.29 is 4.74 Å². The van der Waals surface area contributed by atoms with Gasteiger partial charge in [-0.3, -0.25) is 14.3 Å². The van der Waals surface area contributed by atoms with Crippen molar-refractivity contribution in [1.82, 2.24) is 19.1 Å². The summed E-state index contributed by atoms with van der Waals surface area (Å²) in [5.41, 5.74) is 0.182. The topological polar surface area (TPSA) is 85.2 Å². The van der Waals surface area contributed by atoms with Crippen LogP contribution in [0.4, 0.5) is 5.95 Å². The highest BCUT2D eigenvalue weighted by atomic mass is 16.5. The van der Waals surface area contributed by atoms with Gasteiger partial charge in [0.05, 0.1) is 13.2 Å². The highest BCUT2D eigenvalue weighted by Gasteiger charge is 2.22. The molecule has 0 unspecified atom stereocenters. The Bertz CT molecular complexity index is 971. The third-order valence-electron chi connectivity index (χ3n) is 7.02. The largest absolute Gasteiger partial charge is 0.378 e. The molecule has 0 aliphatic carbocycles. The molecule has 192 valence electrons. The Morgan fingerprint density at radius 3 is 1.91 bits per heavy atom. The predicted molar refractivity (Wildman–Crippen MR) is 139 cm³/mol. The lowest BCUT2D eigenvalue weighted by Crippen LogP contribution is -2.38. The van der Waals surface area contributed by atoms with Gasteiger partial charge in [0.2, 0.25) is 5.95 Å². The molecule has 0 aromatic carbocycles. The van der Waals surface area contributed by atoms with Gasteiger partial charge in [0.25, 0.3) is 5.56 Å². The number of unbranched alkanes of at least 4 members (excludes halogenated alkanes) is 13. The maximum atomic E-state index is 12.6. The van der Waals surface area contributed by atoms with E-state index in [0.717, 1.165) is 38.4 Å². The lowest BCUT2D eigenvalue weighted by molar-refractivity contribution is 0.121. The molecule has 0 bridgehead atoms. The van der Waals surface area contributed by atoms with Gasteiger partial charge < -0.3 is 14.2 Å². The molecule has 1 aliphatic heterocycles. The summed E-state index contributed by atoms with van der Waals surface area (Å²) in [6.45, 7) is 5.80. The van der Waals surface area contributed by atoms with Gasteiger partial charge in [-0.2, -0.15) is 4.98 Å². The number of nitrogens with zero attached hydrogens (tertiary/aromatic N) is 4. The molecule has 0 atom stereocenters. The van der Waals surface area contributed by atoms with Crippen LogP contribution in [0.15, 0.2) is 9.59 Å². The van der Waals surface area contributed by atoms with Gasteiger partial charge in [-0.15, -0.1) is 0 Å². The first-order valence-corrected chi connectivity index (χ1v) is 13.7. The van der Waals surface area contributed by atoms with Gasteiger partial charge >= 0.3 is 5.69 Å². The van der Waals surface area contributed by atoms with Crippen LogP contribution in [-0.2, 0) is 18.3 Å². The molecule has 1 aliphatic rings. The van der Waals surface area contributed by atoms with Crippen LogP contribution < -0.4 is 16.1 Å². The van der Waals surface area contributed by atoms with E-state index < -0.39 is 5.69 Å². The minimum Gasteiger partial charge on any atom is -0.378 e. The number of H-pyrrole nitrogens is 1. The molecule has 3 rings (SSSR count). The van der Waals surface area contributed by atoms with Gasteiger partial charge in [-0.05, 0) is 6.42 Å². The van der Waals surface area contributed by atoms with Gasteiger partial charge in [-0.1, -0.05) is 90.4 Å². The van der Waals surface area contributed by atoms with Crippen molar-refractivity contribution in [2.75, 3.05) is 31.2 Å². The number of anilines is 1. The monoisotopic (exact) mass is 475 g/mol. The molecule has 3 heterocycles. The third kappa shape index (κ3) is 7.45. The van der Waals surface area contributed by atoms with E-state index >= 15 is 0 Å². The van der Waals surface area contributed by atoms with Crippen LogP contribution in [-0.4, -0.2) is 45.4 Å². The summed E-state index contributed by atoms with van der Waals surface area (Å²) in [4.78, 5) is 34.0. The Kier molecular flexibility index (Phi) is 11.2. The summed E-state index contributed by atoms with van der Waals surface area (Å²) in [6.07, 6.45) is 18.4. The highest BCUT2D eigenvalue weighted by Crippen LogP contribution is 2.22. The Balaban J connectivity index is 1.43. The smallest absolute Gasteiger partial charge is 0.329 e. The average molecular weight is 476 g/mol. The molecular formula is C26H45N5O3. The number of ether oxygens (including phenoxy) is 1. The van der Waals surface area contributed by atoms with Crippen molar-refractivity contribution in [3.05, 3.63) is 20.8 Å². The Hall–Kier alpha value is -2.09. The average Bonchev–Trinajstić information content (AvgIpc) is 3.23. The van der Waals surface area contributed by atoms with Crippen LogP contribution in [0.5, 0.6) is 0 Å². The quantitative estimate of drug-likeness (QED) is 0.354. The van der Waals surface area contributed by atoms with Crippen molar-refractivity contribution >= 4 is 17.1 Å². The van der Waals surface area contributed by atoms with Crippen LogP contribution in [0.2, 0.25) is 0 Å². The number of aromatic nitrogens is 4. The second-order valence-electron chi connectivity index (χ2n) is 9.75. The second kappa shape index (κ2) is 14.3. The van der Waals surface area contributed by atoms with Crippen LogP contribution in [0.3, 0.4) is 0 Å². The van der Waals surface area contributed by atoms with Crippen LogP contribution in [0.25, 0.3) is 11.2 Å². The van der Waals surface area contributed by atoms with Crippen LogP contribution in [0, 0.1) is 0 Å². The number of rotatable bonds is 16. The number of nitrogens with one attached hydrogen (secondary N) is 1. The zero-order valence-electron chi connectivity index (χ0n) is 21.4. The molecule has 2 aromatic heterocycles. The maximum Gasteiger partial charge on any atom is 0.329 e. The first-order chi connectivity index (χ1) is 16.6. The zero-order valence-corrected chi connectivity index (χ0v) is 21.4. The summed E-state index contributed by atoms with van der Waals surface area (Å²) < 4.78 is 8.93. The molecule has 1 saturated heterocycles. The number of fused-ring (bicyclic) bond motifs is 1. The lowest BCUT2D eigenvalue weighted by atomic mass is 10.0. The number of aromatic amines is 1. The number of morpholine rings is 1. The standard InChI is InChI=1S/C26H45N5O3/c1-3-4-5-6-7-8-9-10-11-12-13-14-15-16-17-31-22-23(29(2)26(33)28-24(22)32)27-25(31)30-18-20-34-21-19-30/h3-21H2,1-2H3,(H,28,32,33). The van der Waals surface area contributed by atoms with Gasteiger partial charge in [-0.25, -0.2) is 4.79 Å². The third-order valence-corrected chi connectivity index (χ3v) is 7.02. The fraction of sp³-hybridized carbons (Fsp3) is 0.808. The number of hydrogen-bond donors (Lipinski definition) is 1. The molecule has 1 fully saturated rings. The molecule has 1 N–H and O–H groups in total. The Labute approximate surface area is 203 Å². The van der Waals surface area contributed by atoms with E-state index in [1.54, 1.807) is 7.05 Å². The van der Waals surface area contributed by atoms with Gasteiger partial charge in [0.15, 0.2) is 11.2 Å². The molecular weight excluding hydrogens is 430 g/mol. The highest BCUT2D eigenvalue weighted by molar-refractivity contribution is 5.74. The van der Waals surface area contributed by atoms with E-state index in [2.05, 4.69) is 16.8 Å². The number of aryl methyl sites for hydroxylation is 2.